The Morgan fingerprint density at radius 3 is 2.73 bits per heavy atom. The number of nitrogens with zero attached hydrogens (tertiary/aromatic N) is 3. The predicted octanol–water partition coefficient (Wildman–Crippen LogP) is 3.43. The molecule has 1 aromatic heterocycles. The summed E-state index contributed by atoms with van der Waals surface area (Å²) in [5.41, 5.74) is 1.83. The summed E-state index contributed by atoms with van der Waals surface area (Å²) >= 11 is 3.20. The molecule has 1 atom stereocenters. The number of nitrogens with one attached hydrogen (secondary N) is 1. The minimum Gasteiger partial charge on any atom is -0.483 e. The number of hydrogen-bond acceptors (Lipinski definition) is 4. The number of halogens is 2. The smallest absolute Gasteiger partial charge is 0.258 e. The van der Waals surface area contributed by atoms with Crippen LogP contribution >= 0.6 is 15.9 Å². The lowest BCUT2D eigenvalue weighted by Crippen LogP contribution is -2.31. The number of ether oxygens (including phenoxy) is 1. The molecule has 0 bridgehead atoms. The van der Waals surface area contributed by atoms with Crippen LogP contribution in [-0.4, -0.2) is 27.3 Å². The van der Waals surface area contributed by atoms with Crippen LogP contribution in [-0.2, 0) is 4.79 Å². The molecule has 26 heavy (non-hydrogen) atoms. The fourth-order valence-electron chi connectivity index (χ4n) is 2.36. The fourth-order valence-corrected chi connectivity index (χ4v) is 2.82. The average Bonchev–Trinajstić information content (AvgIpc) is 3.16. The molecule has 0 fully saturated rings. The molecule has 1 N–H and O–H groups in total. The van der Waals surface area contributed by atoms with E-state index in [1.807, 2.05) is 31.2 Å². The highest BCUT2D eigenvalue weighted by molar-refractivity contribution is 9.10. The lowest BCUT2D eigenvalue weighted by molar-refractivity contribution is -0.123. The van der Waals surface area contributed by atoms with Gasteiger partial charge in [0, 0.05) is 0 Å². The Balaban J connectivity index is 1.55. The van der Waals surface area contributed by atoms with Crippen molar-refractivity contribution < 1.29 is 13.9 Å². The SMILES string of the molecule is C[C@H](NC(=O)COc1ccc(F)cc1Br)c1ccc(-n2cncn2)cc1. The summed E-state index contributed by atoms with van der Waals surface area (Å²) in [7, 11) is 0. The molecule has 3 rings (SSSR count). The summed E-state index contributed by atoms with van der Waals surface area (Å²) in [5.74, 6) is -0.239. The van der Waals surface area contributed by atoms with E-state index in [1.54, 1.807) is 11.0 Å². The molecule has 0 saturated carbocycles. The standard InChI is InChI=1S/C18H16BrFN4O2/c1-12(13-2-5-15(6-3-13)24-11-21-10-22-24)23-18(25)9-26-17-7-4-14(20)8-16(17)19/h2-8,10-12H,9H2,1H3,(H,23,25)/t12-/m0/s1. The van der Waals surface area contributed by atoms with Gasteiger partial charge in [-0.1, -0.05) is 12.1 Å². The zero-order valence-electron chi connectivity index (χ0n) is 13.9. The predicted molar refractivity (Wildman–Crippen MR) is 97.5 cm³/mol. The number of carbonyl (C=O) groups excluding carboxylic acids is 1. The first-order valence-corrected chi connectivity index (χ1v) is 8.64. The van der Waals surface area contributed by atoms with Crippen LogP contribution in [0, 0.1) is 5.82 Å². The van der Waals surface area contributed by atoms with E-state index < -0.39 is 0 Å². The maximum absolute atomic E-state index is 13.1. The third kappa shape index (κ3) is 4.45. The first kappa shape index (κ1) is 18.1. The first-order chi connectivity index (χ1) is 12.5. The molecule has 1 amide bonds. The molecule has 0 radical (unpaired) electrons. The molecule has 0 saturated heterocycles. The molecule has 0 spiro atoms. The van der Waals surface area contributed by atoms with Gasteiger partial charge < -0.3 is 10.1 Å². The van der Waals surface area contributed by atoms with Gasteiger partial charge in [-0.3, -0.25) is 4.79 Å². The van der Waals surface area contributed by atoms with Crippen molar-refractivity contribution in [3.63, 3.8) is 0 Å². The Kier molecular flexibility index (Phi) is 5.62. The molecule has 0 aliphatic heterocycles. The van der Waals surface area contributed by atoms with E-state index in [9.17, 15) is 9.18 Å². The molecule has 6 nitrogen and oxygen atoms in total. The Hall–Kier alpha value is -2.74. The summed E-state index contributed by atoms with van der Waals surface area (Å²) in [6.07, 6.45) is 3.08. The van der Waals surface area contributed by atoms with Crippen molar-refractivity contribution in [1.29, 1.82) is 0 Å². The van der Waals surface area contributed by atoms with Crippen LogP contribution in [0.15, 0.2) is 59.6 Å². The second kappa shape index (κ2) is 8.09. The lowest BCUT2D eigenvalue weighted by atomic mass is 10.1. The first-order valence-electron chi connectivity index (χ1n) is 7.85. The second-order valence-electron chi connectivity index (χ2n) is 5.58. The molecule has 2 aromatic carbocycles. The van der Waals surface area contributed by atoms with Crippen molar-refractivity contribution >= 4 is 21.8 Å². The fraction of sp³-hybridized carbons (Fsp3) is 0.167. The zero-order valence-corrected chi connectivity index (χ0v) is 15.5. The maximum Gasteiger partial charge on any atom is 0.258 e. The van der Waals surface area contributed by atoms with Gasteiger partial charge >= 0.3 is 0 Å². The van der Waals surface area contributed by atoms with E-state index in [0.29, 0.717) is 10.2 Å². The quantitative estimate of drug-likeness (QED) is 0.665. The third-order valence-electron chi connectivity index (χ3n) is 3.71. The molecule has 3 aromatic rings. The van der Waals surface area contributed by atoms with Gasteiger partial charge in [-0.2, -0.15) is 5.10 Å². The summed E-state index contributed by atoms with van der Waals surface area (Å²) in [6.45, 7) is 1.72. The van der Waals surface area contributed by atoms with Gasteiger partial charge in [0.25, 0.3) is 5.91 Å². The van der Waals surface area contributed by atoms with Gasteiger partial charge in [0.05, 0.1) is 16.2 Å². The van der Waals surface area contributed by atoms with Gasteiger partial charge in [-0.25, -0.2) is 14.1 Å². The van der Waals surface area contributed by atoms with Crippen molar-refractivity contribution in [3.05, 3.63) is 71.0 Å². The minimum absolute atomic E-state index is 0.161. The zero-order chi connectivity index (χ0) is 18.5. The molecule has 0 unspecified atom stereocenters. The Morgan fingerprint density at radius 1 is 1.31 bits per heavy atom. The highest BCUT2D eigenvalue weighted by atomic mass is 79.9. The van der Waals surface area contributed by atoms with E-state index in [2.05, 4.69) is 31.3 Å². The van der Waals surface area contributed by atoms with Crippen molar-refractivity contribution in [1.82, 2.24) is 20.1 Å². The van der Waals surface area contributed by atoms with Crippen LogP contribution in [0.1, 0.15) is 18.5 Å². The van der Waals surface area contributed by atoms with Gasteiger partial charge in [0.15, 0.2) is 6.61 Å². The van der Waals surface area contributed by atoms with Gasteiger partial charge in [-0.05, 0) is 58.7 Å². The summed E-state index contributed by atoms with van der Waals surface area (Å²) in [4.78, 5) is 16.0. The van der Waals surface area contributed by atoms with E-state index >= 15 is 0 Å². The molecular weight excluding hydrogens is 403 g/mol. The van der Waals surface area contributed by atoms with Crippen LogP contribution in [0.3, 0.4) is 0 Å². The Labute approximate surface area is 158 Å². The van der Waals surface area contributed by atoms with Crippen molar-refractivity contribution in [2.24, 2.45) is 0 Å². The summed E-state index contributed by atoms with van der Waals surface area (Å²) < 4.78 is 20.6. The van der Waals surface area contributed by atoms with Crippen LogP contribution in [0.2, 0.25) is 0 Å². The van der Waals surface area contributed by atoms with Crippen molar-refractivity contribution in [2.45, 2.75) is 13.0 Å². The van der Waals surface area contributed by atoms with Crippen LogP contribution in [0.25, 0.3) is 5.69 Å². The molecule has 134 valence electrons. The molecular formula is C18H16BrFN4O2. The highest BCUT2D eigenvalue weighted by Gasteiger charge is 2.11. The number of hydrogen-bond donors (Lipinski definition) is 1. The van der Waals surface area contributed by atoms with Crippen LogP contribution < -0.4 is 10.1 Å². The van der Waals surface area contributed by atoms with Crippen LogP contribution in [0.5, 0.6) is 5.75 Å². The Bertz CT molecular complexity index is 885. The molecule has 0 aliphatic carbocycles. The molecule has 1 heterocycles. The number of amides is 1. The van der Waals surface area contributed by atoms with Crippen molar-refractivity contribution in [2.75, 3.05) is 6.61 Å². The van der Waals surface area contributed by atoms with Gasteiger partial charge in [0.2, 0.25) is 0 Å². The molecule has 0 aliphatic rings. The average molecular weight is 419 g/mol. The monoisotopic (exact) mass is 418 g/mol. The van der Waals surface area contributed by atoms with Gasteiger partial charge in [0.1, 0.15) is 24.2 Å². The van der Waals surface area contributed by atoms with E-state index in [4.69, 9.17) is 4.74 Å². The van der Waals surface area contributed by atoms with Crippen molar-refractivity contribution in [3.8, 4) is 11.4 Å². The summed E-state index contributed by atoms with van der Waals surface area (Å²) in [6, 6.07) is 11.5. The van der Waals surface area contributed by atoms with Crippen LogP contribution in [0.4, 0.5) is 4.39 Å². The Morgan fingerprint density at radius 2 is 2.08 bits per heavy atom. The van der Waals surface area contributed by atoms with E-state index in [0.717, 1.165) is 11.3 Å². The number of aromatic nitrogens is 3. The topological polar surface area (TPSA) is 69.0 Å². The number of rotatable bonds is 6. The normalized spacial score (nSPS) is 11.8. The lowest BCUT2D eigenvalue weighted by Gasteiger charge is -2.15. The summed E-state index contributed by atoms with van der Waals surface area (Å²) in [5, 5.41) is 6.93. The maximum atomic E-state index is 13.1. The third-order valence-corrected chi connectivity index (χ3v) is 4.33. The molecule has 8 heteroatoms. The van der Waals surface area contributed by atoms with E-state index in [1.165, 1.54) is 24.5 Å². The second-order valence-corrected chi connectivity index (χ2v) is 6.44. The minimum atomic E-state index is -0.378. The highest BCUT2D eigenvalue weighted by Crippen LogP contribution is 2.25. The van der Waals surface area contributed by atoms with Gasteiger partial charge in [-0.15, -0.1) is 0 Å². The largest absolute Gasteiger partial charge is 0.483 e. The number of benzene rings is 2. The van der Waals surface area contributed by atoms with E-state index in [-0.39, 0.29) is 24.4 Å². The number of carbonyl (C=O) groups is 1.